The van der Waals surface area contributed by atoms with Gasteiger partial charge >= 0.3 is 18.4 Å². The third-order valence-electron chi connectivity index (χ3n) is 6.82. The second kappa shape index (κ2) is 12.4. The molecule has 0 radical (unpaired) electrons. The molecule has 0 bridgehead atoms. The third kappa shape index (κ3) is 6.90. The van der Waals surface area contributed by atoms with E-state index in [9.17, 15) is 31.1 Å². The van der Waals surface area contributed by atoms with Gasteiger partial charge in [-0.3, -0.25) is 4.90 Å². The van der Waals surface area contributed by atoms with Gasteiger partial charge in [0.15, 0.2) is 0 Å². The molecule has 2 aromatic carbocycles. The Morgan fingerprint density at radius 2 is 1.74 bits per heavy atom. The average molecular weight is 661 g/mol. The number of aromatic nitrogens is 2. The van der Waals surface area contributed by atoms with Gasteiger partial charge in [0.05, 0.1) is 46.7 Å². The Morgan fingerprint density at radius 1 is 1.07 bits per heavy atom. The van der Waals surface area contributed by atoms with Gasteiger partial charge in [-0.15, -0.1) is 0 Å². The Hall–Kier alpha value is -3.55. The van der Waals surface area contributed by atoms with Crippen molar-refractivity contribution in [1.29, 1.82) is 0 Å². The molecule has 2 heterocycles. The fraction of sp³-hybridized carbons (Fsp3) is 0.393. The van der Waals surface area contributed by atoms with Crippen molar-refractivity contribution in [2.45, 2.75) is 57.5 Å². The summed E-state index contributed by atoms with van der Waals surface area (Å²) in [5, 5.41) is 3.23. The number of halogens is 7. The van der Waals surface area contributed by atoms with Crippen LogP contribution in [0.15, 0.2) is 47.1 Å². The van der Waals surface area contributed by atoms with Crippen molar-refractivity contribution < 1.29 is 40.6 Å². The monoisotopic (exact) mass is 660 g/mol. The lowest BCUT2D eigenvalue weighted by Gasteiger charge is -2.40. The van der Waals surface area contributed by atoms with Gasteiger partial charge in [0.1, 0.15) is 5.75 Å². The molecular formula is C28H27BrF6N4O3. The van der Waals surface area contributed by atoms with E-state index in [1.807, 2.05) is 6.92 Å². The molecule has 0 saturated carbocycles. The highest BCUT2D eigenvalue weighted by molar-refractivity contribution is 9.10. The molecule has 226 valence electrons. The van der Waals surface area contributed by atoms with Crippen molar-refractivity contribution in [2.24, 2.45) is 0 Å². The first-order valence-corrected chi connectivity index (χ1v) is 13.7. The van der Waals surface area contributed by atoms with Crippen molar-refractivity contribution in [3.05, 3.63) is 75.0 Å². The maximum absolute atomic E-state index is 13.4. The summed E-state index contributed by atoms with van der Waals surface area (Å²) in [6.45, 7) is 3.85. The number of carbonyl (C=O) groups excluding carboxylic acids is 1. The number of hydrogen-bond acceptors (Lipinski definition) is 6. The van der Waals surface area contributed by atoms with Gasteiger partial charge in [-0.1, -0.05) is 6.92 Å². The van der Waals surface area contributed by atoms with Crippen LogP contribution in [0.2, 0.25) is 0 Å². The van der Waals surface area contributed by atoms with E-state index >= 15 is 0 Å². The van der Waals surface area contributed by atoms with Gasteiger partial charge in [-0.2, -0.15) is 26.3 Å². The molecule has 2 atom stereocenters. The van der Waals surface area contributed by atoms with E-state index in [2.05, 4.69) is 31.2 Å². The van der Waals surface area contributed by atoms with Crippen LogP contribution >= 0.6 is 15.9 Å². The average Bonchev–Trinajstić information content (AvgIpc) is 2.93. The normalized spacial score (nSPS) is 17.0. The summed E-state index contributed by atoms with van der Waals surface area (Å²) < 4.78 is 91.3. The largest absolute Gasteiger partial charge is 0.497 e. The number of ether oxygens (including phenoxy) is 2. The molecule has 3 aromatic rings. The standard InChI is InChI=1S/C28H27BrF6N4O3/c1-4-18-12-22(20-13-19(41-3)6-7-24(20)39(18)26(40)42-5-2)37-25-36-14-21(29)23(38-25)10-15-8-16(27(30,31)32)11-17(9-15)28(33,34)35/h6-9,11,13-14,18,22H,4-5,10,12H2,1-3H3,(H,36,37,38). The number of anilines is 2. The lowest BCUT2D eigenvalue weighted by molar-refractivity contribution is -0.143. The zero-order valence-corrected chi connectivity index (χ0v) is 24.3. The SMILES string of the molecule is CCOC(=O)N1c2ccc(OC)cc2C(Nc2ncc(Br)c(Cc3cc(C(F)(F)F)cc(C(F)(F)F)c3)n2)CC1CC. The van der Waals surface area contributed by atoms with Gasteiger partial charge in [-0.25, -0.2) is 14.8 Å². The highest BCUT2D eigenvalue weighted by Gasteiger charge is 2.38. The number of nitrogens with one attached hydrogen (secondary N) is 1. The van der Waals surface area contributed by atoms with E-state index in [-0.39, 0.29) is 42.3 Å². The number of carbonyl (C=O) groups is 1. The highest BCUT2D eigenvalue weighted by Crippen LogP contribution is 2.42. The summed E-state index contributed by atoms with van der Waals surface area (Å²) in [6, 6.07) is 6.02. The number of alkyl halides is 6. The second-order valence-corrected chi connectivity index (χ2v) is 10.4. The zero-order chi connectivity index (χ0) is 30.8. The van der Waals surface area contributed by atoms with Crippen LogP contribution in [-0.2, 0) is 23.5 Å². The molecule has 0 aliphatic carbocycles. The van der Waals surface area contributed by atoms with E-state index < -0.39 is 35.6 Å². The van der Waals surface area contributed by atoms with Gasteiger partial charge < -0.3 is 14.8 Å². The summed E-state index contributed by atoms with van der Waals surface area (Å²) in [5.74, 6) is 0.649. The van der Waals surface area contributed by atoms with Crippen LogP contribution < -0.4 is 15.0 Å². The summed E-state index contributed by atoms with van der Waals surface area (Å²) in [6.07, 6.45) is -8.33. The molecule has 1 aromatic heterocycles. The number of fused-ring (bicyclic) bond motifs is 1. The van der Waals surface area contributed by atoms with Gasteiger partial charge in [0, 0.05) is 24.2 Å². The molecule has 1 amide bonds. The van der Waals surface area contributed by atoms with Crippen LogP contribution in [0.1, 0.15) is 60.7 Å². The Labute approximate surface area is 246 Å². The molecular weight excluding hydrogens is 634 g/mol. The summed E-state index contributed by atoms with van der Waals surface area (Å²) in [5.41, 5.74) is -1.53. The van der Waals surface area contributed by atoms with Crippen molar-refractivity contribution in [2.75, 3.05) is 23.9 Å². The minimum Gasteiger partial charge on any atom is -0.497 e. The topological polar surface area (TPSA) is 76.6 Å². The van der Waals surface area contributed by atoms with Crippen molar-refractivity contribution >= 4 is 33.7 Å². The van der Waals surface area contributed by atoms with Crippen LogP contribution in [0.5, 0.6) is 5.75 Å². The number of benzene rings is 2. The number of methoxy groups -OCH3 is 1. The Kier molecular flexibility index (Phi) is 9.24. The van der Waals surface area contributed by atoms with E-state index in [1.54, 1.807) is 30.0 Å². The van der Waals surface area contributed by atoms with Crippen molar-refractivity contribution in [3.63, 3.8) is 0 Å². The number of rotatable bonds is 7. The smallest absolute Gasteiger partial charge is 0.416 e. The molecule has 42 heavy (non-hydrogen) atoms. The maximum atomic E-state index is 13.4. The molecule has 1 N–H and O–H groups in total. The molecule has 0 saturated heterocycles. The minimum atomic E-state index is -4.96. The maximum Gasteiger partial charge on any atom is 0.416 e. The van der Waals surface area contributed by atoms with Gasteiger partial charge in [0.2, 0.25) is 5.95 Å². The van der Waals surface area contributed by atoms with Crippen LogP contribution in [0.4, 0.5) is 42.8 Å². The van der Waals surface area contributed by atoms with E-state index in [0.29, 0.717) is 46.4 Å². The van der Waals surface area contributed by atoms with Crippen LogP contribution in [-0.4, -0.2) is 35.8 Å². The molecule has 14 heteroatoms. The van der Waals surface area contributed by atoms with Gasteiger partial charge in [0.25, 0.3) is 0 Å². The summed E-state index contributed by atoms with van der Waals surface area (Å²) in [7, 11) is 1.51. The molecule has 1 aliphatic heterocycles. The van der Waals surface area contributed by atoms with Crippen LogP contribution in [0.3, 0.4) is 0 Å². The molecule has 1 aliphatic rings. The Balaban J connectivity index is 1.69. The van der Waals surface area contributed by atoms with Crippen molar-refractivity contribution in [1.82, 2.24) is 9.97 Å². The van der Waals surface area contributed by atoms with Crippen LogP contribution in [0, 0.1) is 0 Å². The number of amides is 1. The summed E-state index contributed by atoms with van der Waals surface area (Å²) >= 11 is 3.26. The van der Waals surface area contributed by atoms with Crippen molar-refractivity contribution in [3.8, 4) is 5.75 Å². The predicted octanol–water partition coefficient (Wildman–Crippen LogP) is 8.17. The predicted molar refractivity (Wildman–Crippen MR) is 147 cm³/mol. The number of nitrogens with zero attached hydrogens (tertiary/aromatic N) is 3. The van der Waals surface area contributed by atoms with E-state index in [0.717, 1.165) is 0 Å². The zero-order valence-electron chi connectivity index (χ0n) is 22.7. The molecule has 0 fully saturated rings. The fourth-order valence-electron chi connectivity index (χ4n) is 4.85. The molecule has 7 nitrogen and oxygen atoms in total. The fourth-order valence-corrected chi connectivity index (χ4v) is 5.18. The number of hydrogen-bond donors (Lipinski definition) is 1. The molecule has 2 unspecified atom stereocenters. The molecule has 0 spiro atoms. The second-order valence-electron chi connectivity index (χ2n) is 9.57. The van der Waals surface area contributed by atoms with E-state index in [1.165, 1.54) is 13.3 Å². The lowest BCUT2D eigenvalue weighted by Crippen LogP contribution is -2.46. The minimum absolute atomic E-state index is 0.0873. The quantitative estimate of drug-likeness (QED) is 0.258. The van der Waals surface area contributed by atoms with E-state index in [4.69, 9.17) is 9.47 Å². The Morgan fingerprint density at radius 3 is 2.31 bits per heavy atom. The first-order chi connectivity index (χ1) is 19.7. The van der Waals surface area contributed by atoms with Crippen LogP contribution in [0.25, 0.3) is 0 Å². The lowest BCUT2D eigenvalue weighted by atomic mass is 9.90. The van der Waals surface area contributed by atoms with Gasteiger partial charge in [-0.05, 0) is 77.7 Å². The molecule has 4 rings (SSSR count). The summed E-state index contributed by atoms with van der Waals surface area (Å²) in [4.78, 5) is 23.2. The first-order valence-electron chi connectivity index (χ1n) is 12.9. The first kappa shape index (κ1) is 31.4. The third-order valence-corrected chi connectivity index (χ3v) is 7.48. The Bertz CT molecular complexity index is 1420. The highest BCUT2D eigenvalue weighted by atomic mass is 79.9.